The Bertz CT molecular complexity index is 565. The van der Waals surface area contributed by atoms with Gasteiger partial charge in [-0.3, -0.25) is 14.5 Å². The highest BCUT2D eigenvalue weighted by molar-refractivity contribution is 5.76. The van der Waals surface area contributed by atoms with E-state index in [2.05, 4.69) is 36.5 Å². The number of amides is 1. The van der Waals surface area contributed by atoms with Crippen molar-refractivity contribution < 1.29 is 14.7 Å². The molecule has 0 heterocycles. The van der Waals surface area contributed by atoms with Crippen LogP contribution in [0.25, 0.3) is 0 Å². The van der Waals surface area contributed by atoms with E-state index < -0.39 is 5.97 Å². The first-order valence-electron chi connectivity index (χ1n) is 9.28. The van der Waals surface area contributed by atoms with E-state index in [9.17, 15) is 9.59 Å². The summed E-state index contributed by atoms with van der Waals surface area (Å²) in [5.74, 6) is -0.670. The minimum atomic E-state index is -0.789. The van der Waals surface area contributed by atoms with E-state index in [4.69, 9.17) is 5.11 Å². The van der Waals surface area contributed by atoms with Crippen LogP contribution in [0.4, 0.5) is 0 Å². The second kappa shape index (κ2) is 9.56. The number of aliphatic carboxylic acids is 1. The van der Waals surface area contributed by atoms with Crippen molar-refractivity contribution in [3.05, 3.63) is 35.4 Å². The van der Waals surface area contributed by atoms with Crippen LogP contribution in [0, 0.1) is 6.92 Å². The molecule has 0 unspecified atom stereocenters. The zero-order valence-corrected chi connectivity index (χ0v) is 15.3. The van der Waals surface area contributed by atoms with E-state index >= 15 is 0 Å². The maximum atomic E-state index is 12.0. The Morgan fingerprint density at radius 1 is 1.20 bits per heavy atom. The number of carboxylic acids is 1. The molecule has 1 aliphatic rings. The fourth-order valence-corrected chi connectivity index (χ4v) is 3.35. The van der Waals surface area contributed by atoms with Gasteiger partial charge in [-0.1, -0.05) is 36.8 Å². The fraction of sp³-hybridized carbons (Fsp3) is 0.600. The van der Waals surface area contributed by atoms with Gasteiger partial charge in [0.2, 0.25) is 5.91 Å². The number of aryl methyl sites for hydroxylation is 2. The van der Waals surface area contributed by atoms with Gasteiger partial charge in [-0.2, -0.15) is 0 Å². The highest BCUT2D eigenvalue weighted by Gasteiger charge is 2.34. The van der Waals surface area contributed by atoms with E-state index in [1.807, 2.05) is 11.8 Å². The second-order valence-electron chi connectivity index (χ2n) is 7.04. The van der Waals surface area contributed by atoms with Crippen LogP contribution in [0.2, 0.25) is 0 Å². The zero-order valence-electron chi connectivity index (χ0n) is 15.3. The number of hydrogen-bond acceptors (Lipinski definition) is 3. The Balaban J connectivity index is 1.57. The highest BCUT2D eigenvalue weighted by atomic mass is 16.4. The lowest BCUT2D eigenvalue weighted by Gasteiger charge is -2.42. The molecule has 2 N–H and O–H groups in total. The molecule has 25 heavy (non-hydrogen) atoms. The summed E-state index contributed by atoms with van der Waals surface area (Å²) in [6.45, 7) is 4.88. The molecule has 0 aromatic heterocycles. The largest absolute Gasteiger partial charge is 0.480 e. The quantitative estimate of drug-likeness (QED) is 0.639. The summed E-state index contributed by atoms with van der Waals surface area (Å²) in [4.78, 5) is 24.8. The fourth-order valence-electron chi connectivity index (χ4n) is 3.35. The molecule has 0 atom stereocenters. The molecule has 1 saturated carbocycles. The molecule has 5 nitrogen and oxygen atoms in total. The summed E-state index contributed by atoms with van der Waals surface area (Å²) in [7, 11) is 0. The van der Waals surface area contributed by atoms with Crippen molar-refractivity contribution in [3.8, 4) is 0 Å². The van der Waals surface area contributed by atoms with Gasteiger partial charge in [-0.25, -0.2) is 0 Å². The van der Waals surface area contributed by atoms with Crippen LogP contribution in [-0.4, -0.2) is 47.1 Å². The first-order valence-corrected chi connectivity index (χ1v) is 9.28. The third-order valence-corrected chi connectivity index (χ3v) is 4.98. The van der Waals surface area contributed by atoms with Crippen molar-refractivity contribution >= 4 is 11.9 Å². The van der Waals surface area contributed by atoms with Crippen molar-refractivity contribution in [2.24, 2.45) is 0 Å². The van der Waals surface area contributed by atoms with E-state index in [1.54, 1.807) is 0 Å². The van der Waals surface area contributed by atoms with Crippen molar-refractivity contribution in [1.82, 2.24) is 10.2 Å². The third-order valence-electron chi connectivity index (χ3n) is 4.98. The highest BCUT2D eigenvalue weighted by Crippen LogP contribution is 2.25. The summed E-state index contributed by atoms with van der Waals surface area (Å²) in [6.07, 6.45) is 5.22. The number of unbranched alkanes of at least 4 members (excludes halogenated alkanes) is 1. The summed E-state index contributed by atoms with van der Waals surface area (Å²) in [5.41, 5.74) is 2.60. The Hall–Kier alpha value is -1.88. The SMILES string of the molecule is CCN(CC(=O)O)C1CC(NC(=O)CCCCc2ccc(C)cc2)C1. The standard InChI is InChI=1S/C20H30N2O3/c1-3-22(14-20(24)25)18-12-17(13-18)21-19(23)7-5-4-6-16-10-8-15(2)9-11-16/h8-11,17-18H,3-7,12-14H2,1-2H3,(H,21,23)(H,24,25). The lowest BCUT2D eigenvalue weighted by Crippen LogP contribution is -2.54. The summed E-state index contributed by atoms with van der Waals surface area (Å²) in [5, 5.41) is 12.0. The maximum Gasteiger partial charge on any atom is 0.317 e. The summed E-state index contributed by atoms with van der Waals surface area (Å²) in [6, 6.07) is 9.05. The molecule has 0 radical (unpaired) electrons. The summed E-state index contributed by atoms with van der Waals surface area (Å²) < 4.78 is 0. The number of likely N-dealkylation sites (N-methyl/N-ethyl adjacent to an activating group) is 1. The van der Waals surface area contributed by atoms with Gasteiger partial charge >= 0.3 is 5.97 Å². The number of carbonyl (C=O) groups excluding carboxylic acids is 1. The average molecular weight is 346 g/mol. The zero-order chi connectivity index (χ0) is 18.2. The van der Waals surface area contributed by atoms with E-state index in [-0.39, 0.29) is 24.5 Å². The molecule has 0 bridgehead atoms. The van der Waals surface area contributed by atoms with Crippen LogP contribution >= 0.6 is 0 Å². The van der Waals surface area contributed by atoms with E-state index in [0.717, 1.165) is 38.6 Å². The minimum Gasteiger partial charge on any atom is -0.480 e. The van der Waals surface area contributed by atoms with Gasteiger partial charge in [0, 0.05) is 18.5 Å². The first-order chi connectivity index (χ1) is 12.0. The smallest absolute Gasteiger partial charge is 0.317 e. The average Bonchev–Trinajstić information content (AvgIpc) is 2.54. The van der Waals surface area contributed by atoms with Gasteiger partial charge in [0.15, 0.2) is 0 Å². The van der Waals surface area contributed by atoms with Crippen LogP contribution in [0.5, 0.6) is 0 Å². The Morgan fingerprint density at radius 3 is 2.48 bits per heavy atom. The van der Waals surface area contributed by atoms with Crippen LogP contribution < -0.4 is 5.32 Å². The Kier molecular flexibility index (Phi) is 7.44. The van der Waals surface area contributed by atoms with Crippen LogP contribution in [0.1, 0.15) is 50.2 Å². The summed E-state index contributed by atoms with van der Waals surface area (Å²) >= 11 is 0. The topological polar surface area (TPSA) is 69.6 Å². The minimum absolute atomic E-state index is 0.0842. The number of carbonyl (C=O) groups is 2. The predicted octanol–water partition coefficient (Wildman–Crippen LogP) is 2.76. The Morgan fingerprint density at radius 2 is 1.88 bits per heavy atom. The van der Waals surface area contributed by atoms with Crippen molar-refractivity contribution in [2.75, 3.05) is 13.1 Å². The molecule has 0 saturated heterocycles. The molecule has 1 aromatic rings. The third kappa shape index (κ3) is 6.50. The van der Waals surface area contributed by atoms with Crippen molar-refractivity contribution in [3.63, 3.8) is 0 Å². The molecular weight excluding hydrogens is 316 g/mol. The number of nitrogens with zero attached hydrogens (tertiary/aromatic N) is 1. The molecular formula is C20H30N2O3. The molecule has 1 amide bonds. The number of hydrogen-bond donors (Lipinski definition) is 2. The van der Waals surface area contributed by atoms with Crippen LogP contribution in [-0.2, 0) is 16.0 Å². The second-order valence-corrected chi connectivity index (χ2v) is 7.04. The Labute approximate surface area is 150 Å². The molecule has 138 valence electrons. The molecule has 1 aliphatic carbocycles. The van der Waals surface area contributed by atoms with Gasteiger partial charge in [0.25, 0.3) is 0 Å². The lowest BCUT2D eigenvalue weighted by atomic mass is 9.85. The van der Waals surface area contributed by atoms with Gasteiger partial charge < -0.3 is 10.4 Å². The number of rotatable bonds is 10. The van der Waals surface area contributed by atoms with Gasteiger partial charge in [0.1, 0.15) is 0 Å². The molecule has 2 rings (SSSR count). The van der Waals surface area contributed by atoms with E-state index in [0.29, 0.717) is 6.42 Å². The molecule has 0 spiro atoms. The predicted molar refractivity (Wildman–Crippen MR) is 98.6 cm³/mol. The number of carboxylic acid groups (broad SMARTS) is 1. The maximum absolute atomic E-state index is 12.0. The molecule has 1 fully saturated rings. The monoisotopic (exact) mass is 346 g/mol. The molecule has 1 aromatic carbocycles. The normalized spacial score (nSPS) is 19.5. The lowest BCUT2D eigenvalue weighted by molar-refractivity contribution is -0.139. The number of nitrogens with one attached hydrogen (secondary N) is 1. The van der Waals surface area contributed by atoms with Gasteiger partial charge in [-0.15, -0.1) is 0 Å². The van der Waals surface area contributed by atoms with Crippen molar-refractivity contribution in [2.45, 2.75) is 64.5 Å². The molecule has 5 heteroatoms. The van der Waals surface area contributed by atoms with Crippen LogP contribution in [0.3, 0.4) is 0 Å². The van der Waals surface area contributed by atoms with E-state index in [1.165, 1.54) is 11.1 Å². The van der Waals surface area contributed by atoms with Gasteiger partial charge in [-0.05, 0) is 51.1 Å². The van der Waals surface area contributed by atoms with Crippen molar-refractivity contribution in [1.29, 1.82) is 0 Å². The number of benzene rings is 1. The molecule has 0 aliphatic heterocycles. The van der Waals surface area contributed by atoms with Gasteiger partial charge in [0.05, 0.1) is 6.54 Å². The first kappa shape index (κ1) is 19.4. The van der Waals surface area contributed by atoms with Crippen LogP contribution in [0.15, 0.2) is 24.3 Å².